The summed E-state index contributed by atoms with van der Waals surface area (Å²) in [5.74, 6) is -1.51. The number of carbonyl (C=O) groups excluding carboxylic acids is 2. The first kappa shape index (κ1) is 25.2. The fraction of sp³-hybridized carbons (Fsp3) is 0.258. The highest BCUT2D eigenvalue weighted by Crippen LogP contribution is 2.45. The molecule has 0 radical (unpaired) electrons. The van der Waals surface area contributed by atoms with E-state index < -0.39 is 23.5 Å². The standard InChI is InChI=1S/C31H27FN2O4S/c1-16-13-19-14-18(7-12-23(19)38-16)27(35)25-26(17-5-8-20(9-6-17)31(2,3)4)34(29(37)28(25)36)30-33-22-11-10-21(32)15-24(22)39-30/h5-12,14-16,26,35H,13H2,1-4H3/t16-,26-/m0/s1. The van der Waals surface area contributed by atoms with Gasteiger partial charge < -0.3 is 9.84 Å². The van der Waals surface area contributed by atoms with E-state index in [-0.39, 0.29) is 28.0 Å². The van der Waals surface area contributed by atoms with Crippen LogP contribution in [0.15, 0.2) is 66.2 Å². The number of aromatic nitrogens is 1. The Morgan fingerprint density at radius 2 is 1.82 bits per heavy atom. The number of ether oxygens (including phenoxy) is 1. The lowest BCUT2D eigenvalue weighted by Crippen LogP contribution is -2.29. The van der Waals surface area contributed by atoms with E-state index in [1.165, 1.54) is 17.0 Å². The van der Waals surface area contributed by atoms with E-state index >= 15 is 0 Å². The molecule has 0 bridgehead atoms. The van der Waals surface area contributed by atoms with Crippen LogP contribution in [0, 0.1) is 5.82 Å². The number of halogens is 1. The van der Waals surface area contributed by atoms with Crippen molar-refractivity contribution in [3.8, 4) is 5.75 Å². The predicted molar refractivity (Wildman–Crippen MR) is 150 cm³/mol. The first-order valence-electron chi connectivity index (χ1n) is 12.8. The monoisotopic (exact) mass is 542 g/mol. The van der Waals surface area contributed by atoms with Gasteiger partial charge in [-0.3, -0.25) is 14.5 Å². The molecule has 0 unspecified atom stereocenters. The number of aliphatic hydroxyl groups is 1. The number of fused-ring (bicyclic) bond motifs is 2. The summed E-state index contributed by atoms with van der Waals surface area (Å²) in [6.45, 7) is 8.28. The molecule has 1 N–H and O–H groups in total. The smallest absolute Gasteiger partial charge is 0.301 e. The van der Waals surface area contributed by atoms with E-state index in [9.17, 15) is 19.1 Å². The van der Waals surface area contributed by atoms with Crippen molar-refractivity contribution in [1.29, 1.82) is 0 Å². The van der Waals surface area contributed by atoms with Gasteiger partial charge in [-0.2, -0.15) is 0 Å². The normalized spacial score (nSPS) is 20.5. The van der Waals surface area contributed by atoms with Crippen LogP contribution in [0.1, 0.15) is 56.0 Å². The van der Waals surface area contributed by atoms with E-state index in [0.29, 0.717) is 27.8 Å². The van der Waals surface area contributed by atoms with Gasteiger partial charge in [0.2, 0.25) is 0 Å². The van der Waals surface area contributed by atoms with Crippen molar-refractivity contribution < 1.29 is 23.8 Å². The molecule has 198 valence electrons. The minimum Gasteiger partial charge on any atom is -0.507 e. The summed E-state index contributed by atoms with van der Waals surface area (Å²) >= 11 is 1.13. The lowest BCUT2D eigenvalue weighted by molar-refractivity contribution is -0.132. The van der Waals surface area contributed by atoms with Crippen LogP contribution in [0.2, 0.25) is 0 Å². The number of ketones is 1. The number of carbonyl (C=O) groups is 2. The highest BCUT2D eigenvalue weighted by atomic mass is 32.1. The second-order valence-electron chi connectivity index (χ2n) is 11.1. The Balaban J connectivity index is 1.53. The third-order valence-corrected chi connectivity index (χ3v) is 8.27. The number of nitrogens with zero attached hydrogens (tertiary/aromatic N) is 2. The predicted octanol–water partition coefficient (Wildman–Crippen LogP) is 6.68. The number of hydrogen-bond donors (Lipinski definition) is 1. The Hall–Kier alpha value is -4.04. The van der Waals surface area contributed by atoms with Crippen molar-refractivity contribution in [3.05, 3.63) is 94.3 Å². The van der Waals surface area contributed by atoms with Gasteiger partial charge in [0.05, 0.1) is 21.8 Å². The molecule has 2 aliphatic heterocycles. The molecular weight excluding hydrogens is 515 g/mol. The summed E-state index contributed by atoms with van der Waals surface area (Å²) in [4.78, 5) is 33.0. The van der Waals surface area contributed by atoms with Crippen molar-refractivity contribution >= 4 is 44.1 Å². The van der Waals surface area contributed by atoms with Gasteiger partial charge in [0.25, 0.3) is 5.78 Å². The largest absolute Gasteiger partial charge is 0.507 e. The van der Waals surface area contributed by atoms with Crippen molar-refractivity contribution in [2.75, 3.05) is 4.90 Å². The highest BCUT2D eigenvalue weighted by Gasteiger charge is 2.48. The van der Waals surface area contributed by atoms with Crippen LogP contribution in [0.25, 0.3) is 16.0 Å². The number of rotatable bonds is 3. The fourth-order valence-electron chi connectivity index (χ4n) is 5.22. The van der Waals surface area contributed by atoms with E-state index in [2.05, 4.69) is 25.8 Å². The van der Waals surface area contributed by atoms with Crippen LogP contribution in [-0.2, 0) is 21.4 Å². The number of amides is 1. The van der Waals surface area contributed by atoms with Crippen LogP contribution < -0.4 is 9.64 Å². The Labute approximate surface area is 229 Å². The zero-order valence-corrected chi connectivity index (χ0v) is 22.8. The molecule has 4 aromatic rings. The molecule has 6 rings (SSSR count). The topological polar surface area (TPSA) is 79.7 Å². The zero-order chi connectivity index (χ0) is 27.6. The van der Waals surface area contributed by atoms with Gasteiger partial charge in [0.1, 0.15) is 23.4 Å². The average molecular weight is 543 g/mol. The summed E-state index contributed by atoms with van der Waals surface area (Å²) in [6, 6.07) is 16.3. The molecule has 3 heterocycles. The summed E-state index contributed by atoms with van der Waals surface area (Å²) in [5, 5.41) is 11.8. The fourth-order valence-corrected chi connectivity index (χ4v) is 6.24. The summed E-state index contributed by atoms with van der Waals surface area (Å²) < 4.78 is 20.2. The molecule has 6 nitrogen and oxygen atoms in total. The molecule has 1 fully saturated rings. The van der Waals surface area contributed by atoms with Gasteiger partial charge in [-0.15, -0.1) is 0 Å². The maximum absolute atomic E-state index is 13.9. The van der Waals surface area contributed by atoms with E-state index in [1.807, 2.05) is 37.3 Å². The number of thiazole rings is 1. The van der Waals surface area contributed by atoms with Crippen molar-refractivity contribution in [3.63, 3.8) is 0 Å². The van der Waals surface area contributed by atoms with E-state index in [4.69, 9.17) is 4.74 Å². The Morgan fingerprint density at radius 3 is 2.54 bits per heavy atom. The highest BCUT2D eigenvalue weighted by molar-refractivity contribution is 7.22. The second-order valence-corrected chi connectivity index (χ2v) is 12.1. The first-order valence-corrected chi connectivity index (χ1v) is 13.6. The molecule has 39 heavy (non-hydrogen) atoms. The van der Waals surface area contributed by atoms with Gasteiger partial charge in [-0.1, -0.05) is 56.4 Å². The van der Waals surface area contributed by atoms with Crippen LogP contribution >= 0.6 is 11.3 Å². The molecule has 2 aliphatic rings. The molecule has 1 saturated heterocycles. The quantitative estimate of drug-likeness (QED) is 0.177. The maximum atomic E-state index is 13.9. The van der Waals surface area contributed by atoms with Crippen molar-refractivity contribution in [2.45, 2.75) is 51.7 Å². The van der Waals surface area contributed by atoms with Crippen LogP contribution in [-0.4, -0.2) is 27.9 Å². The number of hydrogen-bond acceptors (Lipinski definition) is 6. The second kappa shape index (κ2) is 9.02. The van der Waals surface area contributed by atoms with Crippen LogP contribution in [0.4, 0.5) is 9.52 Å². The van der Waals surface area contributed by atoms with E-state index in [1.54, 1.807) is 18.2 Å². The Bertz CT molecular complexity index is 1680. The third kappa shape index (κ3) is 4.29. The average Bonchev–Trinajstić information content (AvgIpc) is 3.55. The molecular formula is C31H27FN2O4S. The molecule has 1 aromatic heterocycles. The maximum Gasteiger partial charge on any atom is 0.301 e. The number of Topliss-reactive ketones (excluding diaryl/α,β-unsaturated/α-hetero) is 1. The molecule has 8 heteroatoms. The van der Waals surface area contributed by atoms with Gasteiger partial charge in [-0.25, -0.2) is 9.37 Å². The molecule has 0 aliphatic carbocycles. The third-order valence-electron chi connectivity index (χ3n) is 7.25. The number of aliphatic hydroxyl groups excluding tert-OH is 1. The van der Waals surface area contributed by atoms with Crippen molar-refractivity contribution in [2.24, 2.45) is 0 Å². The first-order chi connectivity index (χ1) is 18.5. The SMILES string of the molecule is C[C@H]1Cc2cc(C(O)=C3C(=O)C(=O)N(c4nc5ccc(F)cc5s4)[C@H]3c3ccc(C(C)(C)C)cc3)ccc2O1. The zero-order valence-electron chi connectivity index (χ0n) is 22.0. The van der Waals surface area contributed by atoms with Gasteiger partial charge >= 0.3 is 5.91 Å². The Kier molecular flexibility index (Phi) is 5.84. The lowest BCUT2D eigenvalue weighted by Gasteiger charge is -2.24. The minimum atomic E-state index is -0.909. The molecule has 3 aromatic carbocycles. The van der Waals surface area contributed by atoms with Gasteiger partial charge in [-0.05, 0) is 65.4 Å². The van der Waals surface area contributed by atoms with Gasteiger partial charge in [0, 0.05) is 12.0 Å². The summed E-state index contributed by atoms with van der Waals surface area (Å²) in [5.41, 5.74) is 3.53. The van der Waals surface area contributed by atoms with Crippen molar-refractivity contribution in [1.82, 2.24) is 4.98 Å². The molecule has 0 saturated carbocycles. The summed E-state index contributed by atoms with van der Waals surface area (Å²) in [7, 11) is 0. The van der Waals surface area contributed by atoms with Gasteiger partial charge in [0.15, 0.2) is 5.13 Å². The van der Waals surface area contributed by atoms with Crippen LogP contribution in [0.3, 0.4) is 0 Å². The molecule has 2 atom stereocenters. The lowest BCUT2D eigenvalue weighted by atomic mass is 9.85. The molecule has 0 spiro atoms. The molecule has 1 amide bonds. The Morgan fingerprint density at radius 1 is 1.08 bits per heavy atom. The van der Waals surface area contributed by atoms with E-state index in [0.717, 1.165) is 28.2 Å². The van der Waals surface area contributed by atoms with Crippen LogP contribution in [0.5, 0.6) is 5.75 Å². The number of anilines is 1. The number of benzene rings is 3. The minimum absolute atomic E-state index is 0.0131. The summed E-state index contributed by atoms with van der Waals surface area (Å²) in [6.07, 6.45) is 0.707.